The van der Waals surface area contributed by atoms with Crippen LogP contribution < -0.4 is 32.3 Å². The second-order valence-electron chi connectivity index (χ2n) is 8.81. The van der Waals surface area contributed by atoms with Crippen molar-refractivity contribution in [2.75, 3.05) is 31.2 Å². The average molecular weight is 504 g/mol. The number of carbonyl (C=O) groups excluding carboxylic acids is 1. The number of aromatic nitrogens is 3. The molecule has 2 aromatic carbocycles. The Morgan fingerprint density at radius 2 is 2.00 bits per heavy atom. The number of ether oxygens (including phenoxy) is 1. The molecule has 0 radical (unpaired) electrons. The first-order chi connectivity index (χ1) is 17.9. The SMILES string of the molecule is COc1cc(C2CCNCC2)ccc1Nc1ncc2c(=O)c(C(N)=O)c(N)n(-c3cccc(F)c3)c2n1. The second kappa shape index (κ2) is 9.86. The predicted molar refractivity (Wildman–Crippen MR) is 139 cm³/mol. The van der Waals surface area contributed by atoms with Crippen molar-refractivity contribution in [3.8, 4) is 11.4 Å². The molecule has 3 heterocycles. The van der Waals surface area contributed by atoms with E-state index in [1.807, 2.05) is 18.2 Å². The number of nitrogens with two attached hydrogens (primary N) is 2. The summed E-state index contributed by atoms with van der Waals surface area (Å²) in [6.07, 6.45) is 3.39. The number of primary amides is 1. The number of pyridine rings is 1. The Balaban J connectivity index is 1.61. The Hall–Kier alpha value is -4.51. The predicted octanol–water partition coefficient (Wildman–Crippen LogP) is 2.82. The number of methoxy groups -OCH3 is 1. The van der Waals surface area contributed by atoms with Crippen LogP contribution in [0.5, 0.6) is 5.75 Å². The van der Waals surface area contributed by atoms with Gasteiger partial charge in [0.25, 0.3) is 5.91 Å². The molecule has 1 amide bonds. The van der Waals surface area contributed by atoms with E-state index in [0.717, 1.165) is 25.9 Å². The normalized spacial score (nSPS) is 14.0. The third-order valence-electron chi connectivity index (χ3n) is 6.54. The fourth-order valence-electron chi connectivity index (χ4n) is 4.70. The Morgan fingerprint density at radius 3 is 2.70 bits per heavy atom. The van der Waals surface area contributed by atoms with Crippen LogP contribution in [0.25, 0.3) is 16.7 Å². The molecule has 0 unspecified atom stereocenters. The summed E-state index contributed by atoms with van der Waals surface area (Å²) >= 11 is 0. The minimum Gasteiger partial charge on any atom is -0.495 e. The third kappa shape index (κ3) is 4.56. The van der Waals surface area contributed by atoms with Gasteiger partial charge in [-0.2, -0.15) is 4.98 Å². The van der Waals surface area contributed by atoms with Crippen LogP contribution in [-0.4, -0.2) is 40.6 Å². The first kappa shape index (κ1) is 24.2. The molecule has 0 aliphatic carbocycles. The molecule has 1 aliphatic heterocycles. The summed E-state index contributed by atoms with van der Waals surface area (Å²) in [7, 11) is 1.58. The van der Waals surface area contributed by atoms with E-state index in [0.29, 0.717) is 17.4 Å². The molecule has 0 atom stereocenters. The van der Waals surface area contributed by atoms with Crippen LogP contribution in [0.3, 0.4) is 0 Å². The van der Waals surface area contributed by atoms with Crippen molar-refractivity contribution in [3.05, 3.63) is 75.8 Å². The molecule has 190 valence electrons. The molecule has 2 aromatic heterocycles. The van der Waals surface area contributed by atoms with Crippen LogP contribution in [0.1, 0.15) is 34.7 Å². The number of nitrogens with zero attached hydrogens (tertiary/aromatic N) is 3. The standard InChI is InChI=1S/C26H26FN7O3/c1-37-20-11-15(14-7-9-30-10-8-14)5-6-19(20)32-26-31-13-18-22(35)21(24(29)36)23(28)34(25(18)33-26)17-4-2-3-16(27)12-17/h2-6,11-14,30H,7-10,28H2,1H3,(H2,29,36)(H,31,32,33). The maximum atomic E-state index is 14.1. The van der Waals surface area contributed by atoms with Gasteiger partial charge in [-0.1, -0.05) is 12.1 Å². The highest BCUT2D eigenvalue weighted by Gasteiger charge is 2.22. The van der Waals surface area contributed by atoms with E-state index in [4.69, 9.17) is 16.2 Å². The maximum Gasteiger partial charge on any atom is 0.256 e. The smallest absolute Gasteiger partial charge is 0.256 e. The fraction of sp³-hybridized carbons (Fsp3) is 0.231. The molecule has 0 spiro atoms. The molecule has 1 aliphatic rings. The molecule has 5 rings (SSSR count). The number of hydrogen-bond acceptors (Lipinski definition) is 8. The lowest BCUT2D eigenvalue weighted by molar-refractivity contribution is 0.1000. The molecule has 0 saturated carbocycles. The molecule has 1 fully saturated rings. The highest BCUT2D eigenvalue weighted by Crippen LogP contribution is 2.34. The number of nitrogens with one attached hydrogen (secondary N) is 2. The van der Waals surface area contributed by atoms with Gasteiger partial charge in [-0.3, -0.25) is 14.2 Å². The van der Waals surface area contributed by atoms with E-state index in [2.05, 4.69) is 20.6 Å². The van der Waals surface area contributed by atoms with Gasteiger partial charge >= 0.3 is 0 Å². The second-order valence-corrected chi connectivity index (χ2v) is 8.81. The highest BCUT2D eigenvalue weighted by molar-refractivity contribution is 6.01. The Bertz CT molecular complexity index is 1560. The van der Waals surface area contributed by atoms with E-state index in [-0.39, 0.29) is 28.5 Å². The topological polar surface area (TPSA) is 150 Å². The first-order valence-electron chi connectivity index (χ1n) is 11.8. The molecule has 10 nitrogen and oxygen atoms in total. The van der Waals surface area contributed by atoms with Crippen molar-refractivity contribution >= 4 is 34.4 Å². The summed E-state index contributed by atoms with van der Waals surface area (Å²) in [5.74, 6) is -0.568. The van der Waals surface area contributed by atoms with Crippen molar-refractivity contribution in [3.63, 3.8) is 0 Å². The Kier molecular flexibility index (Phi) is 6.45. The summed E-state index contributed by atoms with van der Waals surface area (Å²) in [6, 6.07) is 11.5. The van der Waals surface area contributed by atoms with E-state index in [9.17, 15) is 14.0 Å². The maximum absolute atomic E-state index is 14.1. The van der Waals surface area contributed by atoms with E-state index >= 15 is 0 Å². The number of halogens is 1. The molecule has 6 N–H and O–H groups in total. The van der Waals surface area contributed by atoms with Gasteiger partial charge in [0, 0.05) is 6.20 Å². The van der Waals surface area contributed by atoms with Crippen LogP contribution in [-0.2, 0) is 0 Å². The summed E-state index contributed by atoms with van der Waals surface area (Å²) in [4.78, 5) is 33.8. The van der Waals surface area contributed by atoms with Crippen LogP contribution in [0.4, 0.5) is 21.8 Å². The van der Waals surface area contributed by atoms with Gasteiger partial charge in [-0.15, -0.1) is 0 Å². The van der Waals surface area contributed by atoms with Crippen molar-refractivity contribution < 1.29 is 13.9 Å². The minimum atomic E-state index is -1.00. The molecule has 37 heavy (non-hydrogen) atoms. The first-order valence-corrected chi connectivity index (χ1v) is 11.8. The average Bonchev–Trinajstić information content (AvgIpc) is 2.89. The lowest BCUT2D eigenvalue weighted by atomic mass is 9.90. The zero-order valence-electron chi connectivity index (χ0n) is 20.1. The lowest BCUT2D eigenvalue weighted by Crippen LogP contribution is -2.28. The van der Waals surface area contributed by atoms with Crippen molar-refractivity contribution in [1.82, 2.24) is 19.9 Å². The Labute approximate surface area is 211 Å². The van der Waals surface area contributed by atoms with Crippen LogP contribution in [0.2, 0.25) is 0 Å². The van der Waals surface area contributed by atoms with Gasteiger partial charge in [0.1, 0.15) is 22.9 Å². The summed E-state index contributed by atoms with van der Waals surface area (Å²) < 4.78 is 21.0. The number of amides is 1. The lowest BCUT2D eigenvalue weighted by Gasteiger charge is -2.24. The molecular formula is C26H26FN7O3. The number of piperidine rings is 1. The monoisotopic (exact) mass is 503 g/mol. The molecule has 0 bridgehead atoms. The van der Waals surface area contributed by atoms with E-state index in [1.165, 1.54) is 34.5 Å². The fourth-order valence-corrected chi connectivity index (χ4v) is 4.70. The molecule has 11 heteroatoms. The third-order valence-corrected chi connectivity index (χ3v) is 6.54. The number of rotatable bonds is 6. The van der Waals surface area contributed by atoms with Crippen molar-refractivity contribution in [1.29, 1.82) is 0 Å². The minimum absolute atomic E-state index is 0.00559. The number of hydrogen-bond donors (Lipinski definition) is 4. The molecule has 1 saturated heterocycles. The van der Waals surface area contributed by atoms with Gasteiger partial charge in [0.05, 0.1) is 23.9 Å². The quantitative estimate of drug-likeness (QED) is 0.314. The van der Waals surface area contributed by atoms with Crippen LogP contribution in [0.15, 0.2) is 53.5 Å². The van der Waals surface area contributed by atoms with Crippen molar-refractivity contribution in [2.24, 2.45) is 5.73 Å². The highest BCUT2D eigenvalue weighted by atomic mass is 19.1. The van der Waals surface area contributed by atoms with Gasteiger partial charge in [-0.05, 0) is 67.7 Å². The van der Waals surface area contributed by atoms with Crippen LogP contribution in [0, 0.1) is 5.82 Å². The zero-order chi connectivity index (χ0) is 26.1. The largest absolute Gasteiger partial charge is 0.495 e. The Morgan fingerprint density at radius 1 is 1.22 bits per heavy atom. The molecular weight excluding hydrogens is 477 g/mol. The van der Waals surface area contributed by atoms with Gasteiger partial charge in [0.2, 0.25) is 11.4 Å². The van der Waals surface area contributed by atoms with Crippen LogP contribution >= 0.6 is 0 Å². The van der Waals surface area contributed by atoms with E-state index in [1.54, 1.807) is 13.2 Å². The number of benzene rings is 2. The zero-order valence-corrected chi connectivity index (χ0v) is 20.1. The summed E-state index contributed by atoms with van der Waals surface area (Å²) in [5, 5.41) is 6.51. The van der Waals surface area contributed by atoms with Gasteiger partial charge in [-0.25, -0.2) is 9.37 Å². The number of nitrogen functional groups attached to an aromatic ring is 1. The summed E-state index contributed by atoms with van der Waals surface area (Å²) in [6.45, 7) is 1.96. The summed E-state index contributed by atoms with van der Waals surface area (Å²) in [5.41, 5.74) is 12.7. The molecule has 4 aromatic rings. The van der Waals surface area contributed by atoms with Gasteiger partial charge < -0.3 is 26.8 Å². The van der Waals surface area contributed by atoms with Gasteiger partial charge in [0.15, 0.2) is 5.65 Å². The number of anilines is 3. The van der Waals surface area contributed by atoms with E-state index < -0.39 is 22.7 Å². The van der Waals surface area contributed by atoms with Crippen molar-refractivity contribution in [2.45, 2.75) is 18.8 Å². The number of carbonyl (C=O) groups is 1. The number of fused-ring (bicyclic) bond motifs is 1.